The third-order valence-corrected chi connectivity index (χ3v) is 5.38. The number of fused-ring (bicyclic) bond motifs is 1. The van der Waals surface area contributed by atoms with Gasteiger partial charge in [-0.2, -0.15) is 0 Å². The topological polar surface area (TPSA) is 62.0 Å². The number of Topliss-reactive ketones (excluding diaryl/α,β-unsaturated/α-hetero) is 1. The van der Waals surface area contributed by atoms with E-state index in [-0.39, 0.29) is 6.04 Å². The number of H-pyrrole nitrogens is 1. The molecule has 1 amide bonds. The van der Waals surface area contributed by atoms with E-state index in [1.165, 1.54) is 6.42 Å². The molecule has 1 aromatic carbocycles. The number of ketones is 1. The van der Waals surface area contributed by atoms with Crippen molar-refractivity contribution in [3.05, 3.63) is 36.0 Å². The second-order valence-corrected chi connectivity index (χ2v) is 7.48. The molecule has 0 spiro atoms. The summed E-state index contributed by atoms with van der Waals surface area (Å²) in [4.78, 5) is 28.2. The van der Waals surface area contributed by atoms with E-state index in [1.807, 2.05) is 24.3 Å². The maximum absolute atomic E-state index is 12.6. The van der Waals surface area contributed by atoms with Crippen LogP contribution in [0.5, 0.6) is 0 Å². The minimum Gasteiger partial charge on any atom is -0.360 e. The number of carbonyl (C=O) groups excluding carboxylic acids is 2. The molecule has 0 saturated heterocycles. The third-order valence-electron chi connectivity index (χ3n) is 5.38. The van der Waals surface area contributed by atoms with Crippen LogP contribution < -0.4 is 5.32 Å². The van der Waals surface area contributed by atoms with Gasteiger partial charge in [-0.25, -0.2) is 0 Å². The maximum atomic E-state index is 12.6. The first-order valence-electron chi connectivity index (χ1n) is 8.88. The first kappa shape index (κ1) is 16.7. The van der Waals surface area contributed by atoms with Gasteiger partial charge in [-0.05, 0) is 36.7 Å². The van der Waals surface area contributed by atoms with Crippen LogP contribution in [0.3, 0.4) is 0 Å². The van der Waals surface area contributed by atoms with Crippen LogP contribution in [0, 0.1) is 17.8 Å². The highest BCUT2D eigenvalue weighted by Gasteiger charge is 2.33. The molecule has 128 valence electrons. The summed E-state index contributed by atoms with van der Waals surface area (Å²) < 4.78 is 0. The van der Waals surface area contributed by atoms with E-state index in [0.29, 0.717) is 23.3 Å². The fourth-order valence-corrected chi connectivity index (χ4v) is 3.98. The Kier molecular flexibility index (Phi) is 4.74. The lowest BCUT2D eigenvalue weighted by Crippen LogP contribution is -2.47. The van der Waals surface area contributed by atoms with Crippen molar-refractivity contribution in [1.29, 1.82) is 0 Å². The van der Waals surface area contributed by atoms with Gasteiger partial charge in [0, 0.05) is 23.1 Å². The normalized spacial score (nSPS) is 24.2. The first-order chi connectivity index (χ1) is 11.5. The van der Waals surface area contributed by atoms with Gasteiger partial charge < -0.3 is 10.3 Å². The summed E-state index contributed by atoms with van der Waals surface area (Å²) in [7, 11) is 0. The molecule has 3 unspecified atom stereocenters. The zero-order valence-corrected chi connectivity index (χ0v) is 14.6. The molecular formula is C20H26N2O2. The molecule has 24 heavy (non-hydrogen) atoms. The quantitative estimate of drug-likeness (QED) is 0.660. The Morgan fingerprint density at radius 1 is 1.21 bits per heavy atom. The highest BCUT2D eigenvalue weighted by Crippen LogP contribution is 2.33. The van der Waals surface area contributed by atoms with E-state index < -0.39 is 11.7 Å². The molecule has 1 aliphatic carbocycles. The van der Waals surface area contributed by atoms with Crippen molar-refractivity contribution in [1.82, 2.24) is 10.3 Å². The van der Waals surface area contributed by atoms with Gasteiger partial charge in [0.15, 0.2) is 0 Å². The van der Waals surface area contributed by atoms with Crippen LogP contribution >= 0.6 is 0 Å². The molecule has 3 rings (SSSR count). The molecule has 3 atom stereocenters. The Balaban J connectivity index is 1.77. The molecule has 4 heteroatoms. The lowest BCUT2D eigenvalue weighted by Gasteiger charge is -2.37. The Morgan fingerprint density at radius 3 is 2.71 bits per heavy atom. The average Bonchev–Trinajstić information content (AvgIpc) is 2.97. The average molecular weight is 326 g/mol. The number of para-hydroxylation sites is 1. The Labute approximate surface area is 143 Å². The summed E-state index contributed by atoms with van der Waals surface area (Å²) in [5.41, 5.74) is 1.33. The molecule has 2 aromatic rings. The number of aromatic amines is 1. The number of carbonyl (C=O) groups is 2. The van der Waals surface area contributed by atoms with Gasteiger partial charge in [0.2, 0.25) is 0 Å². The first-order valence-corrected chi connectivity index (χ1v) is 8.88. The van der Waals surface area contributed by atoms with Crippen molar-refractivity contribution in [2.24, 2.45) is 17.8 Å². The molecule has 1 aromatic heterocycles. The molecule has 1 aliphatic rings. The van der Waals surface area contributed by atoms with E-state index in [2.05, 4.69) is 31.1 Å². The van der Waals surface area contributed by atoms with Gasteiger partial charge in [0.25, 0.3) is 11.7 Å². The highest BCUT2D eigenvalue weighted by molar-refractivity contribution is 6.45. The fraction of sp³-hybridized carbons (Fsp3) is 0.500. The zero-order chi connectivity index (χ0) is 17.3. The minimum absolute atomic E-state index is 0.0930. The van der Waals surface area contributed by atoms with Crippen LogP contribution in [-0.2, 0) is 4.79 Å². The van der Waals surface area contributed by atoms with Gasteiger partial charge in [-0.15, -0.1) is 0 Å². The van der Waals surface area contributed by atoms with Crippen molar-refractivity contribution in [3.8, 4) is 0 Å². The number of benzene rings is 1. The molecule has 1 saturated carbocycles. The van der Waals surface area contributed by atoms with Gasteiger partial charge in [-0.3, -0.25) is 9.59 Å². The van der Waals surface area contributed by atoms with Crippen LogP contribution in [0.25, 0.3) is 10.9 Å². The summed E-state index contributed by atoms with van der Waals surface area (Å²) in [6.45, 7) is 6.61. The van der Waals surface area contributed by atoms with E-state index in [9.17, 15) is 9.59 Å². The zero-order valence-electron chi connectivity index (χ0n) is 14.6. The minimum atomic E-state index is -0.482. The highest BCUT2D eigenvalue weighted by atomic mass is 16.2. The monoisotopic (exact) mass is 326 g/mol. The standard InChI is InChI=1S/C20H26N2O2/c1-12(2)14-9-8-13(3)10-18(14)22-20(24)19(23)16-11-21-17-7-5-4-6-15(16)17/h4-7,11-14,18,21H,8-10H2,1-3H3,(H,22,24). The Bertz CT molecular complexity index is 747. The predicted molar refractivity (Wildman–Crippen MR) is 95.9 cm³/mol. The Hall–Kier alpha value is -2.10. The van der Waals surface area contributed by atoms with Crippen LogP contribution in [0.2, 0.25) is 0 Å². The van der Waals surface area contributed by atoms with E-state index in [1.54, 1.807) is 6.20 Å². The molecular weight excluding hydrogens is 300 g/mol. The van der Waals surface area contributed by atoms with E-state index in [4.69, 9.17) is 0 Å². The van der Waals surface area contributed by atoms with Gasteiger partial charge >= 0.3 is 0 Å². The van der Waals surface area contributed by atoms with E-state index in [0.717, 1.165) is 23.7 Å². The summed E-state index contributed by atoms with van der Waals surface area (Å²) in [6, 6.07) is 7.65. The SMILES string of the molecule is CC1CCC(C(C)C)C(NC(=O)C(=O)c2c[nH]c3ccccc23)C1. The summed E-state index contributed by atoms with van der Waals surface area (Å²) in [5, 5.41) is 3.83. The number of amides is 1. The largest absolute Gasteiger partial charge is 0.360 e. The molecule has 4 nitrogen and oxygen atoms in total. The Morgan fingerprint density at radius 2 is 1.96 bits per heavy atom. The number of rotatable bonds is 4. The van der Waals surface area contributed by atoms with Crippen molar-refractivity contribution >= 4 is 22.6 Å². The molecule has 0 bridgehead atoms. The van der Waals surface area contributed by atoms with Crippen molar-refractivity contribution < 1.29 is 9.59 Å². The van der Waals surface area contributed by atoms with Crippen LogP contribution in [0.1, 0.15) is 50.4 Å². The second-order valence-electron chi connectivity index (χ2n) is 7.48. The van der Waals surface area contributed by atoms with Gasteiger partial charge in [-0.1, -0.05) is 45.4 Å². The molecule has 1 heterocycles. The third kappa shape index (κ3) is 3.23. The lowest BCUT2D eigenvalue weighted by atomic mass is 9.74. The summed E-state index contributed by atoms with van der Waals surface area (Å²) >= 11 is 0. The van der Waals surface area contributed by atoms with Crippen molar-refractivity contribution in [2.45, 2.75) is 46.1 Å². The van der Waals surface area contributed by atoms with Crippen LogP contribution in [-0.4, -0.2) is 22.7 Å². The smallest absolute Gasteiger partial charge is 0.292 e. The van der Waals surface area contributed by atoms with Crippen molar-refractivity contribution in [3.63, 3.8) is 0 Å². The second kappa shape index (κ2) is 6.80. The molecule has 0 radical (unpaired) electrons. The van der Waals surface area contributed by atoms with Gasteiger partial charge in [0.05, 0.1) is 5.56 Å². The molecule has 2 N–H and O–H groups in total. The molecule has 1 fully saturated rings. The predicted octanol–water partition coefficient (Wildman–Crippen LogP) is 3.93. The van der Waals surface area contributed by atoms with E-state index >= 15 is 0 Å². The number of nitrogens with one attached hydrogen (secondary N) is 2. The molecule has 0 aliphatic heterocycles. The van der Waals surface area contributed by atoms with Crippen LogP contribution in [0.15, 0.2) is 30.5 Å². The lowest BCUT2D eigenvalue weighted by molar-refractivity contribution is -0.118. The number of aromatic nitrogens is 1. The number of hydrogen-bond acceptors (Lipinski definition) is 2. The maximum Gasteiger partial charge on any atom is 0.292 e. The summed E-state index contributed by atoms with van der Waals surface area (Å²) in [5.74, 6) is 0.609. The number of hydrogen-bond donors (Lipinski definition) is 2. The fourth-order valence-electron chi connectivity index (χ4n) is 3.98. The van der Waals surface area contributed by atoms with Crippen LogP contribution in [0.4, 0.5) is 0 Å². The summed E-state index contributed by atoms with van der Waals surface area (Å²) in [6.07, 6.45) is 4.91. The van der Waals surface area contributed by atoms with Gasteiger partial charge in [0.1, 0.15) is 0 Å². The van der Waals surface area contributed by atoms with Crippen molar-refractivity contribution in [2.75, 3.05) is 0 Å².